The van der Waals surface area contributed by atoms with Gasteiger partial charge in [0.2, 0.25) is 0 Å². The summed E-state index contributed by atoms with van der Waals surface area (Å²) in [4.78, 5) is 11.7. The van der Waals surface area contributed by atoms with Crippen molar-refractivity contribution in [3.05, 3.63) is 32.8 Å². The van der Waals surface area contributed by atoms with Crippen LogP contribution in [0, 0.1) is 5.92 Å². The van der Waals surface area contributed by atoms with Gasteiger partial charge in [0.25, 0.3) is 0 Å². The smallest absolute Gasteiger partial charge is 0.168 e. The zero-order valence-electron chi connectivity index (χ0n) is 7.77. The fraction of sp³-hybridized carbons (Fsp3) is 0.300. The highest BCUT2D eigenvalue weighted by atomic mass is 35.5. The second kappa shape index (κ2) is 4.52. The lowest BCUT2D eigenvalue weighted by Crippen LogP contribution is -2.08. The number of Topliss-reactive ketones (excluding diaryl/α,β-unsaturated/α-hetero) is 1. The fourth-order valence-electron chi connectivity index (χ4n) is 1.07. The van der Waals surface area contributed by atoms with Crippen molar-refractivity contribution in [2.24, 2.45) is 5.92 Å². The third-order valence-corrected chi connectivity index (χ3v) is 2.59. The van der Waals surface area contributed by atoms with Gasteiger partial charge in [-0.1, -0.05) is 48.7 Å². The topological polar surface area (TPSA) is 17.1 Å². The number of halogens is 3. The Hall–Kier alpha value is -0.240. The summed E-state index contributed by atoms with van der Waals surface area (Å²) in [5, 5.41) is 1.04. The third kappa shape index (κ3) is 2.41. The molecule has 0 saturated heterocycles. The Morgan fingerprint density at radius 2 is 1.57 bits per heavy atom. The van der Waals surface area contributed by atoms with Gasteiger partial charge in [-0.05, 0) is 12.1 Å². The molecule has 14 heavy (non-hydrogen) atoms. The molecule has 1 nitrogen and oxygen atoms in total. The first kappa shape index (κ1) is 11.8. The maximum Gasteiger partial charge on any atom is 0.168 e. The predicted octanol–water partition coefficient (Wildman–Crippen LogP) is 4.49. The molecule has 0 unspecified atom stereocenters. The molecule has 0 aliphatic carbocycles. The van der Waals surface area contributed by atoms with Crippen LogP contribution in [0.15, 0.2) is 12.1 Å². The fourth-order valence-corrected chi connectivity index (χ4v) is 2.07. The van der Waals surface area contributed by atoms with Gasteiger partial charge >= 0.3 is 0 Å². The van der Waals surface area contributed by atoms with E-state index in [1.807, 2.05) is 0 Å². The molecule has 1 aromatic carbocycles. The molecule has 0 radical (unpaired) electrons. The van der Waals surface area contributed by atoms with Gasteiger partial charge in [0.05, 0.1) is 15.6 Å². The summed E-state index contributed by atoms with van der Waals surface area (Å²) in [7, 11) is 0. The number of benzene rings is 1. The quantitative estimate of drug-likeness (QED) is 0.708. The van der Waals surface area contributed by atoms with E-state index in [1.54, 1.807) is 13.8 Å². The van der Waals surface area contributed by atoms with Crippen molar-refractivity contribution in [1.29, 1.82) is 0 Å². The molecule has 0 aliphatic heterocycles. The highest BCUT2D eigenvalue weighted by Gasteiger charge is 2.18. The molecule has 0 saturated carbocycles. The standard InChI is InChI=1S/C10H9Cl3O/c1-5(2)10(14)9-7(12)3-6(11)4-8(9)13/h3-5H,1-2H3. The molecule has 1 aromatic rings. The van der Waals surface area contributed by atoms with E-state index in [1.165, 1.54) is 12.1 Å². The number of hydrogen-bond acceptors (Lipinski definition) is 1. The molecule has 0 spiro atoms. The molecular weight excluding hydrogens is 242 g/mol. The second-order valence-corrected chi connectivity index (χ2v) is 4.51. The monoisotopic (exact) mass is 250 g/mol. The number of carbonyl (C=O) groups is 1. The van der Waals surface area contributed by atoms with Crippen LogP contribution in [0.3, 0.4) is 0 Å². The Kier molecular flexibility index (Phi) is 3.82. The van der Waals surface area contributed by atoms with E-state index in [0.717, 1.165) is 0 Å². The van der Waals surface area contributed by atoms with Crippen LogP contribution in [0.5, 0.6) is 0 Å². The summed E-state index contributed by atoms with van der Waals surface area (Å²) < 4.78 is 0. The maximum atomic E-state index is 11.7. The Bertz CT molecular complexity index is 349. The van der Waals surface area contributed by atoms with Gasteiger partial charge in [0.15, 0.2) is 5.78 Å². The molecule has 0 aromatic heterocycles. The van der Waals surface area contributed by atoms with Crippen LogP contribution in [0.2, 0.25) is 15.1 Å². The van der Waals surface area contributed by atoms with Gasteiger partial charge < -0.3 is 0 Å². The van der Waals surface area contributed by atoms with Gasteiger partial charge in [-0.3, -0.25) is 4.79 Å². The normalized spacial score (nSPS) is 10.7. The van der Waals surface area contributed by atoms with E-state index in [9.17, 15) is 4.79 Å². The van der Waals surface area contributed by atoms with Crippen LogP contribution in [0.1, 0.15) is 24.2 Å². The van der Waals surface area contributed by atoms with Gasteiger partial charge in [-0.25, -0.2) is 0 Å². The highest BCUT2D eigenvalue weighted by molar-refractivity contribution is 6.42. The lowest BCUT2D eigenvalue weighted by Gasteiger charge is -2.08. The van der Waals surface area contributed by atoms with Gasteiger partial charge in [-0.15, -0.1) is 0 Å². The average molecular weight is 252 g/mol. The molecule has 76 valence electrons. The van der Waals surface area contributed by atoms with Crippen molar-refractivity contribution in [2.45, 2.75) is 13.8 Å². The number of carbonyl (C=O) groups excluding carboxylic acids is 1. The van der Waals surface area contributed by atoms with Crippen molar-refractivity contribution in [2.75, 3.05) is 0 Å². The second-order valence-electron chi connectivity index (χ2n) is 3.26. The molecule has 0 fully saturated rings. The van der Waals surface area contributed by atoms with Gasteiger partial charge in [0, 0.05) is 10.9 Å². The molecule has 0 N–H and O–H groups in total. The van der Waals surface area contributed by atoms with E-state index >= 15 is 0 Å². The summed E-state index contributed by atoms with van der Waals surface area (Å²) in [5.41, 5.74) is 0.354. The van der Waals surface area contributed by atoms with Crippen LogP contribution in [-0.4, -0.2) is 5.78 Å². The van der Waals surface area contributed by atoms with Crippen LogP contribution in [0.25, 0.3) is 0 Å². The summed E-state index contributed by atoms with van der Waals surface area (Å²) >= 11 is 17.5. The zero-order valence-corrected chi connectivity index (χ0v) is 10.0. The molecule has 1 rings (SSSR count). The lowest BCUT2D eigenvalue weighted by molar-refractivity contribution is 0.0939. The average Bonchev–Trinajstić information content (AvgIpc) is 2.01. The highest BCUT2D eigenvalue weighted by Crippen LogP contribution is 2.30. The Balaban J connectivity index is 3.28. The van der Waals surface area contributed by atoms with E-state index < -0.39 is 0 Å². The Morgan fingerprint density at radius 1 is 1.14 bits per heavy atom. The van der Waals surface area contributed by atoms with Gasteiger partial charge in [-0.2, -0.15) is 0 Å². The Morgan fingerprint density at radius 3 is 1.93 bits per heavy atom. The minimum absolute atomic E-state index is 0.0725. The van der Waals surface area contributed by atoms with Crippen LogP contribution in [-0.2, 0) is 0 Å². The van der Waals surface area contributed by atoms with Crippen LogP contribution < -0.4 is 0 Å². The SMILES string of the molecule is CC(C)C(=O)c1c(Cl)cc(Cl)cc1Cl. The molecule has 4 heteroatoms. The third-order valence-electron chi connectivity index (χ3n) is 1.78. The first-order valence-electron chi connectivity index (χ1n) is 4.12. The number of rotatable bonds is 2. The van der Waals surface area contributed by atoms with E-state index in [0.29, 0.717) is 20.6 Å². The predicted molar refractivity (Wildman–Crippen MR) is 60.6 cm³/mol. The van der Waals surface area contributed by atoms with Crippen molar-refractivity contribution in [3.8, 4) is 0 Å². The van der Waals surface area contributed by atoms with Crippen molar-refractivity contribution < 1.29 is 4.79 Å². The molecule has 0 amide bonds. The first-order chi connectivity index (χ1) is 6.43. The summed E-state index contributed by atoms with van der Waals surface area (Å²) in [6.45, 7) is 3.59. The molecule has 0 atom stereocenters. The van der Waals surface area contributed by atoms with Crippen molar-refractivity contribution in [3.63, 3.8) is 0 Å². The zero-order chi connectivity index (χ0) is 10.9. The van der Waals surface area contributed by atoms with Gasteiger partial charge in [0.1, 0.15) is 0 Å². The number of ketones is 1. The minimum Gasteiger partial charge on any atom is -0.294 e. The van der Waals surface area contributed by atoms with Crippen molar-refractivity contribution in [1.82, 2.24) is 0 Å². The number of hydrogen-bond donors (Lipinski definition) is 0. The minimum atomic E-state index is -0.133. The van der Waals surface area contributed by atoms with Crippen LogP contribution in [0.4, 0.5) is 0 Å². The molecule has 0 heterocycles. The van der Waals surface area contributed by atoms with E-state index in [4.69, 9.17) is 34.8 Å². The van der Waals surface area contributed by atoms with Crippen molar-refractivity contribution >= 4 is 40.6 Å². The summed E-state index contributed by atoms with van der Waals surface area (Å²) in [5.74, 6) is -0.206. The molecule has 0 bridgehead atoms. The summed E-state index contributed by atoms with van der Waals surface area (Å²) in [6.07, 6.45) is 0. The maximum absolute atomic E-state index is 11.7. The Labute approximate surface area is 98.0 Å². The molecular formula is C10H9Cl3O. The summed E-state index contributed by atoms with van der Waals surface area (Å²) in [6, 6.07) is 3.04. The molecule has 0 aliphatic rings. The lowest BCUT2D eigenvalue weighted by atomic mass is 10.0. The largest absolute Gasteiger partial charge is 0.294 e. The van der Waals surface area contributed by atoms with E-state index in [-0.39, 0.29) is 11.7 Å². The van der Waals surface area contributed by atoms with E-state index in [2.05, 4.69) is 0 Å². The van der Waals surface area contributed by atoms with Crippen LogP contribution >= 0.6 is 34.8 Å². The first-order valence-corrected chi connectivity index (χ1v) is 5.25.